The first kappa shape index (κ1) is 38.5. The fourth-order valence-corrected chi connectivity index (χ4v) is 8.38. The normalized spacial score (nSPS) is 22.8. The maximum absolute atomic E-state index is 14.5. The van der Waals surface area contributed by atoms with Crippen molar-refractivity contribution in [2.45, 2.75) is 82.4 Å². The predicted molar refractivity (Wildman–Crippen MR) is 204 cm³/mol. The van der Waals surface area contributed by atoms with Crippen molar-refractivity contribution in [2.75, 3.05) is 13.7 Å². The number of rotatable bonds is 13. The molecule has 1 saturated heterocycles. The highest BCUT2D eigenvalue weighted by Crippen LogP contribution is 2.49. The topological polar surface area (TPSA) is 173 Å². The number of fused-ring (bicyclic) bond motifs is 1. The van der Waals surface area contributed by atoms with Crippen LogP contribution >= 0.6 is 0 Å². The number of ether oxygens (including phenoxy) is 2. The molecular weight excluding hydrogens is 711 g/mol. The van der Waals surface area contributed by atoms with E-state index in [1.54, 1.807) is 46.9 Å². The Kier molecular flexibility index (Phi) is 10.4. The van der Waals surface area contributed by atoms with Gasteiger partial charge in [0, 0.05) is 35.4 Å². The molecule has 13 nitrogen and oxygen atoms in total. The fourth-order valence-electron chi connectivity index (χ4n) is 7.02. The lowest BCUT2D eigenvalue weighted by molar-refractivity contribution is -0.144. The first-order valence-electron chi connectivity index (χ1n) is 17.9. The summed E-state index contributed by atoms with van der Waals surface area (Å²) in [4.78, 5) is 61.3. The molecule has 5 unspecified atom stereocenters. The zero-order chi connectivity index (χ0) is 39.2. The minimum atomic E-state index is -3.92. The summed E-state index contributed by atoms with van der Waals surface area (Å²) < 4.78 is 39.9. The smallest absolute Gasteiger partial charge is 0.259 e. The van der Waals surface area contributed by atoms with E-state index in [9.17, 15) is 27.6 Å². The highest BCUT2D eigenvalue weighted by atomic mass is 32.2. The average molecular weight is 758 g/mol. The molecule has 0 bridgehead atoms. The quantitative estimate of drug-likeness (QED) is 0.172. The largest absolute Gasteiger partial charge is 0.497 e. The van der Waals surface area contributed by atoms with Crippen molar-refractivity contribution >= 4 is 44.6 Å². The molecule has 1 aromatic heterocycles. The maximum atomic E-state index is 14.5. The van der Waals surface area contributed by atoms with E-state index in [1.807, 2.05) is 42.5 Å². The molecule has 2 aliphatic carbocycles. The van der Waals surface area contributed by atoms with E-state index in [4.69, 9.17) is 14.5 Å². The Hall–Kier alpha value is -5.24. The van der Waals surface area contributed by atoms with Gasteiger partial charge in [0.05, 0.1) is 30.1 Å². The van der Waals surface area contributed by atoms with Crippen molar-refractivity contribution in [2.24, 2.45) is 11.3 Å². The second-order valence-electron chi connectivity index (χ2n) is 15.5. The van der Waals surface area contributed by atoms with Crippen LogP contribution in [-0.2, 0) is 29.2 Å². The number of likely N-dealkylation sites (tertiary alicyclic amines) is 1. The molecule has 2 aromatic carbocycles. The summed E-state index contributed by atoms with van der Waals surface area (Å²) in [6.45, 7) is 14.6. The highest BCUT2D eigenvalue weighted by Gasteiger charge is 2.63. The van der Waals surface area contributed by atoms with Gasteiger partial charge >= 0.3 is 0 Å². The Morgan fingerprint density at radius 2 is 1.78 bits per heavy atom. The Labute approximate surface area is 315 Å². The van der Waals surface area contributed by atoms with Crippen LogP contribution in [0.2, 0.25) is 0 Å². The van der Waals surface area contributed by atoms with E-state index in [-0.39, 0.29) is 19.4 Å². The summed E-state index contributed by atoms with van der Waals surface area (Å²) in [5, 5.41) is 5.60. The monoisotopic (exact) mass is 757 g/mol. The Morgan fingerprint density at radius 1 is 1.07 bits per heavy atom. The van der Waals surface area contributed by atoms with Gasteiger partial charge < -0.3 is 25.0 Å². The van der Waals surface area contributed by atoms with E-state index in [2.05, 4.69) is 28.5 Å². The number of hydrogen-bond donors (Lipinski definition) is 3. The van der Waals surface area contributed by atoms with Gasteiger partial charge in [-0.15, -0.1) is 0 Å². The van der Waals surface area contributed by atoms with Crippen molar-refractivity contribution in [1.29, 1.82) is 0 Å². The third-order valence-electron chi connectivity index (χ3n) is 10.3. The Morgan fingerprint density at radius 3 is 2.37 bits per heavy atom. The summed E-state index contributed by atoms with van der Waals surface area (Å²) in [5.74, 6) is -2.02. The van der Waals surface area contributed by atoms with Crippen molar-refractivity contribution in [3.63, 3.8) is 0 Å². The van der Waals surface area contributed by atoms with E-state index >= 15 is 0 Å². The first-order chi connectivity index (χ1) is 25.5. The molecule has 2 saturated carbocycles. The molecule has 5 atom stereocenters. The molecule has 3 aliphatic rings. The van der Waals surface area contributed by atoms with E-state index < -0.39 is 74.0 Å². The summed E-state index contributed by atoms with van der Waals surface area (Å²) in [6.07, 6.45) is 1.44. The van der Waals surface area contributed by atoms with Crippen LogP contribution in [0.15, 0.2) is 79.4 Å². The molecule has 3 aromatic rings. The van der Waals surface area contributed by atoms with Gasteiger partial charge in [0.1, 0.15) is 35.2 Å². The summed E-state index contributed by atoms with van der Waals surface area (Å²) >= 11 is 0. The minimum absolute atomic E-state index is 0.0281. The van der Waals surface area contributed by atoms with Crippen LogP contribution in [0.1, 0.15) is 53.4 Å². The molecule has 3 N–H and O–H groups in total. The summed E-state index contributed by atoms with van der Waals surface area (Å²) in [6, 6.07) is 14.6. The SMILES string of the molecule is C=CC(=O)NC(C(=O)N1CC(Oc2cc(-c3ccccc3)nc3cc(OC)ccc23)CC1C(=O)NC1(C(=O)NS(=O)(=O)C2CC2)CC1C(=C)C)C(C)(C)C. The highest BCUT2D eigenvalue weighted by molar-refractivity contribution is 7.91. The number of methoxy groups -OCH3 is 1. The number of benzene rings is 2. The first-order valence-corrected chi connectivity index (χ1v) is 19.5. The maximum Gasteiger partial charge on any atom is 0.259 e. The van der Waals surface area contributed by atoms with E-state index in [1.165, 1.54) is 4.90 Å². The van der Waals surface area contributed by atoms with Crippen LogP contribution < -0.4 is 24.8 Å². The summed E-state index contributed by atoms with van der Waals surface area (Å²) in [7, 11) is -2.35. The fraction of sp³-hybridized carbons (Fsp3) is 0.425. The average Bonchev–Trinajstić information content (AvgIpc) is 4.06. The minimum Gasteiger partial charge on any atom is -0.497 e. The van der Waals surface area contributed by atoms with Crippen molar-refractivity contribution in [3.8, 4) is 22.8 Å². The van der Waals surface area contributed by atoms with Gasteiger partial charge in [0.15, 0.2) is 0 Å². The van der Waals surface area contributed by atoms with Crippen molar-refractivity contribution in [1.82, 2.24) is 25.2 Å². The number of carbonyl (C=O) groups is 4. The van der Waals surface area contributed by atoms with Crippen LogP contribution in [0, 0.1) is 11.3 Å². The van der Waals surface area contributed by atoms with Crippen LogP contribution in [0.3, 0.4) is 0 Å². The zero-order valence-corrected chi connectivity index (χ0v) is 32.0. The zero-order valence-electron chi connectivity index (χ0n) is 31.2. The molecule has 1 aliphatic heterocycles. The Bertz CT molecular complexity index is 2130. The number of aromatic nitrogens is 1. The van der Waals surface area contributed by atoms with Crippen molar-refractivity contribution < 1.29 is 37.1 Å². The lowest BCUT2D eigenvalue weighted by Gasteiger charge is -2.35. The molecular formula is C40H47N5O8S. The predicted octanol–water partition coefficient (Wildman–Crippen LogP) is 4.04. The standard InChI is InChI=1S/C40H47N5O8S/c1-8-34(46)42-35(39(4,5)6)37(48)45-22-26(53-33-20-30(24-12-10-9-11-13-24)41-31-18-25(52-7)14-17-28(31)33)19-32(45)36(47)43-40(21-29(40)23(2)3)38(49)44-54(50,51)27-15-16-27/h8-14,17-18,20,26-27,29,32,35H,1-2,15-16,19,21-22H2,3-7H3,(H,42,46)(H,43,47)(H,44,49). The van der Waals surface area contributed by atoms with Gasteiger partial charge in [-0.05, 0) is 49.8 Å². The van der Waals surface area contributed by atoms with Gasteiger partial charge in [-0.3, -0.25) is 23.9 Å². The molecule has 0 spiro atoms. The number of nitrogens with zero attached hydrogens (tertiary/aromatic N) is 2. The molecule has 286 valence electrons. The number of carbonyl (C=O) groups excluding carboxylic acids is 4. The number of sulfonamides is 1. The second kappa shape index (κ2) is 14.5. The van der Waals surface area contributed by atoms with Crippen LogP contribution in [-0.4, -0.2) is 84.6 Å². The lowest BCUT2D eigenvalue weighted by atomic mass is 9.85. The van der Waals surface area contributed by atoms with E-state index in [0.29, 0.717) is 46.5 Å². The number of nitrogens with one attached hydrogen (secondary N) is 3. The summed E-state index contributed by atoms with van der Waals surface area (Å²) in [5.41, 5.74) is 0.358. The van der Waals surface area contributed by atoms with Crippen molar-refractivity contribution in [3.05, 3.63) is 79.4 Å². The molecule has 4 amide bonds. The number of pyridine rings is 1. The third-order valence-corrected chi connectivity index (χ3v) is 12.1. The number of hydrogen-bond acceptors (Lipinski definition) is 9. The molecule has 6 rings (SSSR count). The molecule has 3 fully saturated rings. The second-order valence-corrected chi connectivity index (χ2v) is 17.4. The van der Waals surface area contributed by atoms with E-state index in [0.717, 1.165) is 11.6 Å². The van der Waals surface area contributed by atoms with Gasteiger partial charge in [0.25, 0.3) is 5.91 Å². The molecule has 0 radical (unpaired) electrons. The van der Waals surface area contributed by atoms with Crippen LogP contribution in [0.25, 0.3) is 22.2 Å². The number of amides is 4. The lowest BCUT2D eigenvalue weighted by Crippen LogP contribution is -2.60. The van der Waals surface area contributed by atoms with Gasteiger partial charge in [-0.25, -0.2) is 13.4 Å². The molecule has 14 heteroatoms. The Balaban J connectivity index is 1.35. The molecule has 2 heterocycles. The van der Waals surface area contributed by atoms with Gasteiger partial charge in [-0.1, -0.05) is 69.8 Å². The van der Waals surface area contributed by atoms with Gasteiger partial charge in [-0.2, -0.15) is 0 Å². The third kappa shape index (κ3) is 7.84. The molecule has 54 heavy (non-hydrogen) atoms. The van der Waals surface area contributed by atoms with Crippen LogP contribution in [0.5, 0.6) is 11.5 Å². The van der Waals surface area contributed by atoms with Crippen LogP contribution in [0.4, 0.5) is 0 Å². The van der Waals surface area contributed by atoms with Gasteiger partial charge in [0.2, 0.25) is 27.7 Å².